The summed E-state index contributed by atoms with van der Waals surface area (Å²) in [6, 6.07) is 0.247. The van der Waals surface area contributed by atoms with E-state index in [2.05, 4.69) is 5.32 Å². The van der Waals surface area contributed by atoms with Crippen molar-refractivity contribution >= 4 is 18.3 Å². The fourth-order valence-electron chi connectivity index (χ4n) is 1.98. The maximum Gasteiger partial charge on any atom is 0.254 e. The summed E-state index contributed by atoms with van der Waals surface area (Å²) in [5.41, 5.74) is 0. The van der Waals surface area contributed by atoms with E-state index in [4.69, 9.17) is 9.47 Å². The van der Waals surface area contributed by atoms with Crippen LogP contribution in [0.3, 0.4) is 0 Å². The maximum atomic E-state index is 12.1. The van der Waals surface area contributed by atoms with Gasteiger partial charge in [0, 0.05) is 25.7 Å². The largest absolute Gasteiger partial charge is 0.376 e. The van der Waals surface area contributed by atoms with E-state index in [1.54, 1.807) is 0 Å². The van der Waals surface area contributed by atoms with Crippen LogP contribution in [0.5, 0.6) is 0 Å². The van der Waals surface area contributed by atoms with Gasteiger partial charge in [0.1, 0.15) is 0 Å². The molecule has 0 aromatic heterocycles. The van der Waals surface area contributed by atoms with Crippen LogP contribution in [-0.4, -0.2) is 62.4 Å². The van der Waals surface area contributed by atoms with Gasteiger partial charge < -0.3 is 19.7 Å². The van der Waals surface area contributed by atoms with Gasteiger partial charge in [-0.3, -0.25) is 4.79 Å². The van der Waals surface area contributed by atoms with Crippen LogP contribution in [0.15, 0.2) is 0 Å². The third-order valence-corrected chi connectivity index (χ3v) is 2.88. The molecule has 2 aliphatic heterocycles. The number of ether oxygens (including phenoxy) is 2. The summed E-state index contributed by atoms with van der Waals surface area (Å²) in [6.45, 7) is 6.06. The Hall–Kier alpha value is -0.360. The first kappa shape index (κ1) is 13.7. The number of nitrogens with one attached hydrogen (secondary N) is 1. The second-order valence-electron chi connectivity index (χ2n) is 4.02. The molecule has 2 saturated heterocycles. The smallest absolute Gasteiger partial charge is 0.254 e. The fourth-order valence-corrected chi connectivity index (χ4v) is 1.98. The maximum absolute atomic E-state index is 12.1. The van der Waals surface area contributed by atoms with Gasteiger partial charge in [0.05, 0.1) is 19.8 Å². The number of rotatable bonds is 1. The predicted octanol–water partition coefficient (Wildman–Crippen LogP) is -0.356. The molecule has 1 N–H and O–H groups in total. The normalized spacial score (nSPS) is 30.7. The number of carbonyl (C=O) groups excluding carboxylic acids is 1. The molecule has 2 atom stereocenters. The second-order valence-corrected chi connectivity index (χ2v) is 4.02. The van der Waals surface area contributed by atoms with Gasteiger partial charge in [0.25, 0.3) is 5.91 Å². The Morgan fingerprint density at radius 1 is 1.44 bits per heavy atom. The van der Waals surface area contributed by atoms with E-state index >= 15 is 0 Å². The average Bonchev–Trinajstić information content (AvgIpc) is 2.30. The molecule has 1 amide bonds. The molecule has 0 saturated carbocycles. The summed E-state index contributed by atoms with van der Waals surface area (Å²) < 4.78 is 10.6. The highest BCUT2D eigenvalue weighted by atomic mass is 35.5. The number of hydrogen-bond acceptors (Lipinski definition) is 4. The summed E-state index contributed by atoms with van der Waals surface area (Å²) in [7, 11) is 0. The lowest BCUT2D eigenvalue weighted by Crippen LogP contribution is -2.56. The summed E-state index contributed by atoms with van der Waals surface area (Å²) in [4.78, 5) is 13.9. The molecule has 5 nitrogen and oxygen atoms in total. The van der Waals surface area contributed by atoms with Crippen LogP contribution in [0, 0.1) is 0 Å². The number of carbonyl (C=O) groups is 1. The topological polar surface area (TPSA) is 50.8 Å². The van der Waals surface area contributed by atoms with Crippen molar-refractivity contribution < 1.29 is 14.3 Å². The van der Waals surface area contributed by atoms with Crippen molar-refractivity contribution in [3.8, 4) is 0 Å². The molecule has 6 heteroatoms. The molecular formula is C10H19ClN2O3. The first-order chi connectivity index (χ1) is 7.29. The van der Waals surface area contributed by atoms with Crippen LogP contribution in [0.2, 0.25) is 0 Å². The van der Waals surface area contributed by atoms with E-state index in [0.717, 1.165) is 19.6 Å². The van der Waals surface area contributed by atoms with Crippen LogP contribution in [-0.2, 0) is 14.3 Å². The van der Waals surface area contributed by atoms with E-state index < -0.39 is 0 Å². The summed E-state index contributed by atoms with van der Waals surface area (Å²) in [5, 5.41) is 3.26. The zero-order valence-corrected chi connectivity index (χ0v) is 10.3. The van der Waals surface area contributed by atoms with E-state index in [9.17, 15) is 4.79 Å². The van der Waals surface area contributed by atoms with E-state index in [0.29, 0.717) is 19.8 Å². The Balaban J connectivity index is 0.00000128. The quantitative estimate of drug-likeness (QED) is 0.691. The van der Waals surface area contributed by atoms with Gasteiger partial charge in [-0.15, -0.1) is 12.4 Å². The van der Waals surface area contributed by atoms with Crippen molar-refractivity contribution in [2.45, 2.75) is 19.1 Å². The zero-order chi connectivity index (χ0) is 10.7. The molecule has 2 unspecified atom stereocenters. The summed E-state index contributed by atoms with van der Waals surface area (Å²) in [6.07, 6.45) is -0.390. The van der Waals surface area contributed by atoms with Crippen LogP contribution < -0.4 is 5.32 Å². The highest BCUT2D eigenvalue weighted by molar-refractivity contribution is 5.85. The minimum absolute atomic E-state index is 0. The molecule has 16 heavy (non-hydrogen) atoms. The van der Waals surface area contributed by atoms with Gasteiger partial charge in [-0.1, -0.05) is 0 Å². The van der Waals surface area contributed by atoms with Gasteiger partial charge in [-0.2, -0.15) is 0 Å². The minimum atomic E-state index is -0.390. The molecule has 0 aromatic rings. The number of halogens is 1. The van der Waals surface area contributed by atoms with Crippen molar-refractivity contribution in [3.05, 3.63) is 0 Å². The van der Waals surface area contributed by atoms with E-state index in [-0.39, 0.29) is 30.5 Å². The number of nitrogens with zero attached hydrogens (tertiary/aromatic N) is 1. The van der Waals surface area contributed by atoms with Crippen molar-refractivity contribution in [1.29, 1.82) is 0 Å². The lowest BCUT2D eigenvalue weighted by molar-refractivity contribution is -0.160. The van der Waals surface area contributed by atoms with Gasteiger partial charge in [-0.25, -0.2) is 0 Å². The Labute approximate surface area is 102 Å². The third-order valence-electron chi connectivity index (χ3n) is 2.88. The number of amides is 1. The first-order valence-electron chi connectivity index (χ1n) is 5.49. The van der Waals surface area contributed by atoms with Crippen molar-refractivity contribution in [2.24, 2.45) is 0 Å². The molecule has 0 aromatic carbocycles. The average molecular weight is 251 g/mol. The monoisotopic (exact) mass is 250 g/mol. The lowest BCUT2D eigenvalue weighted by atomic mass is 10.2. The Kier molecular flexibility index (Phi) is 5.48. The molecule has 2 heterocycles. The van der Waals surface area contributed by atoms with Gasteiger partial charge in [0.2, 0.25) is 0 Å². The fraction of sp³-hybridized carbons (Fsp3) is 0.900. The van der Waals surface area contributed by atoms with Crippen molar-refractivity contribution in [1.82, 2.24) is 10.2 Å². The molecule has 2 aliphatic rings. The molecule has 0 aliphatic carbocycles. The first-order valence-corrected chi connectivity index (χ1v) is 5.49. The molecule has 0 spiro atoms. The van der Waals surface area contributed by atoms with Crippen LogP contribution in [0.25, 0.3) is 0 Å². The van der Waals surface area contributed by atoms with E-state index in [1.807, 2.05) is 11.8 Å². The highest BCUT2D eigenvalue weighted by Gasteiger charge is 2.31. The standard InChI is InChI=1S/C10H18N2O3.ClH/c1-8-6-11-2-3-12(8)10(13)9-7-14-4-5-15-9;/h8-9,11H,2-7H2,1H3;1H. The van der Waals surface area contributed by atoms with Crippen LogP contribution in [0.4, 0.5) is 0 Å². The van der Waals surface area contributed by atoms with Gasteiger partial charge >= 0.3 is 0 Å². The molecule has 0 bridgehead atoms. The Morgan fingerprint density at radius 2 is 2.25 bits per heavy atom. The molecular weight excluding hydrogens is 232 g/mol. The zero-order valence-electron chi connectivity index (χ0n) is 9.48. The molecule has 0 radical (unpaired) electrons. The predicted molar refractivity (Wildman–Crippen MR) is 61.9 cm³/mol. The minimum Gasteiger partial charge on any atom is -0.376 e. The second kappa shape index (κ2) is 6.39. The SMILES string of the molecule is CC1CNCCN1C(=O)C1COCCO1.Cl. The lowest BCUT2D eigenvalue weighted by Gasteiger charge is -2.36. The summed E-state index contributed by atoms with van der Waals surface area (Å²) >= 11 is 0. The Morgan fingerprint density at radius 3 is 2.88 bits per heavy atom. The number of piperazine rings is 1. The molecule has 2 rings (SSSR count). The molecule has 2 fully saturated rings. The van der Waals surface area contributed by atoms with Gasteiger partial charge in [-0.05, 0) is 6.92 Å². The number of hydrogen-bond donors (Lipinski definition) is 1. The van der Waals surface area contributed by atoms with Crippen molar-refractivity contribution in [2.75, 3.05) is 39.5 Å². The molecule has 94 valence electrons. The highest BCUT2D eigenvalue weighted by Crippen LogP contribution is 2.10. The van der Waals surface area contributed by atoms with E-state index in [1.165, 1.54) is 0 Å². The van der Waals surface area contributed by atoms with Crippen molar-refractivity contribution in [3.63, 3.8) is 0 Å². The van der Waals surface area contributed by atoms with Gasteiger partial charge in [0.15, 0.2) is 6.10 Å². The third kappa shape index (κ3) is 3.07. The van der Waals surface area contributed by atoms with Crippen LogP contribution >= 0.6 is 12.4 Å². The van der Waals surface area contributed by atoms with Crippen LogP contribution in [0.1, 0.15) is 6.92 Å². The summed E-state index contributed by atoms with van der Waals surface area (Å²) in [5.74, 6) is 0.0729. The Bertz CT molecular complexity index is 234.